The Morgan fingerprint density at radius 1 is 0.974 bits per heavy atom. The number of hydrogen-bond acceptors (Lipinski definition) is 9. The van der Waals surface area contributed by atoms with E-state index in [2.05, 4.69) is 25.6 Å². The third-order valence-corrected chi connectivity index (χ3v) is 6.49. The Kier molecular flexibility index (Phi) is 7.15. The van der Waals surface area contributed by atoms with Gasteiger partial charge in [0.25, 0.3) is 0 Å². The summed E-state index contributed by atoms with van der Waals surface area (Å²) in [5.74, 6) is 1.88. The number of fused-ring (bicyclic) bond motifs is 1. The molecule has 202 valence electrons. The number of halogens is 3. The van der Waals surface area contributed by atoms with Gasteiger partial charge in [-0.3, -0.25) is 4.57 Å². The maximum Gasteiger partial charge on any atom is 0.416 e. The first-order valence-electron chi connectivity index (χ1n) is 11.6. The lowest BCUT2D eigenvalue weighted by molar-refractivity contribution is -0.137. The zero-order valence-corrected chi connectivity index (χ0v) is 21.9. The standard InChI is InChI=1S/C26H23F3N6O3S/c1-36-19-10-17(11-20(37-2)22(19)38-3)32-25-33-23(30-12-15-5-4-6-16(9-15)26(27,28)29)21-24(34-25)35(14-31-21)18-7-8-39-13-18/h4-11,13-14H,12H2,1-3H3,(H2,30,32,33,34). The van der Waals surface area contributed by atoms with Gasteiger partial charge >= 0.3 is 6.18 Å². The monoisotopic (exact) mass is 556 g/mol. The van der Waals surface area contributed by atoms with Crippen LogP contribution >= 0.6 is 11.3 Å². The smallest absolute Gasteiger partial charge is 0.416 e. The van der Waals surface area contributed by atoms with E-state index >= 15 is 0 Å². The number of rotatable bonds is 9. The minimum Gasteiger partial charge on any atom is -0.493 e. The van der Waals surface area contributed by atoms with Crippen molar-refractivity contribution in [1.29, 1.82) is 0 Å². The Bertz CT molecular complexity index is 1580. The fourth-order valence-electron chi connectivity index (χ4n) is 3.99. The molecule has 0 saturated heterocycles. The molecule has 0 saturated carbocycles. The van der Waals surface area contributed by atoms with Crippen molar-refractivity contribution in [2.45, 2.75) is 12.7 Å². The number of anilines is 3. The van der Waals surface area contributed by atoms with Crippen LogP contribution in [0.2, 0.25) is 0 Å². The quantitative estimate of drug-likeness (QED) is 0.219. The highest BCUT2D eigenvalue weighted by Crippen LogP contribution is 2.40. The van der Waals surface area contributed by atoms with Gasteiger partial charge in [-0.05, 0) is 29.1 Å². The van der Waals surface area contributed by atoms with Gasteiger partial charge in [0.15, 0.2) is 28.5 Å². The molecule has 3 aromatic heterocycles. The summed E-state index contributed by atoms with van der Waals surface area (Å²) >= 11 is 1.53. The molecule has 0 aliphatic carbocycles. The van der Waals surface area contributed by atoms with Gasteiger partial charge in [-0.2, -0.15) is 34.5 Å². The highest BCUT2D eigenvalue weighted by Gasteiger charge is 2.30. The molecule has 0 aliphatic heterocycles. The van der Waals surface area contributed by atoms with E-state index in [0.717, 1.165) is 17.8 Å². The molecule has 5 rings (SSSR count). The number of thiophene rings is 1. The minimum absolute atomic E-state index is 0.0883. The average Bonchev–Trinajstić information content (AvgIpc) is 3.61. The van der Waals surface area contributed by atoms with Gasteiger partial charge in [-0.25, -0.2) is 4.98 Å². The van der Waals surface area contributed by atoms with E-state index in [1.807, 2.05) is 21.4 Å². The van der Waals surface area contributed by atoms with Crippen LogP contribution in [-0.2, 0) is 12.7 Å². The van der Waals surface area contributed by atoms with Crippen molar-refractivity contribution in [3.8, 4) is 22.9 Å². The van der Waals surface area contributed by atoms with Crippen molar-refractivity contribution in [3.05, 3.63) is 70.7 Å². The Morgan fingerprint density at radius 2 is 1.74 bits per heavy atom. The molecule has 0 bridgehead atoms. The van der Waals surface area contributed by atoms with Crippen LogP contribution in [-0.4, -0.2) is 40.8 Å². The molecular formula is C26H23F3N6O3S. The van der Waals surface area contributed by atoms with Gasteiger partial charge in [0.1, 0.15) is 6.33 Å². The SMILES string of the molecule is COc1cc(Nc2nc(NCc3cccc(C(F)(F)F)c3)c3ncn(-c4ccsc4)c3n2)cc(OC)c1OC. The van der Waals surface area contributed by atoms with Gasteiger partial charge in [0.2, 0.25) is 11.7 Å². The number of ether oxygens (including phenoxy) is 3. The van der Waals surface area contributed by atoms with Crippen LogP contribution in [0.4, 0.5) is 30.6 Å². The van der Waals surface area contributed by atoms with E-state index < -0.39 is 11.7 Å². The third kappa shape index (κ3) is 5.39. The number of nitrogens with zero attached hydrogens (tertiary/aromatic N) is 4. The van der Waals surface area contributed by atoms with E-state index in [1.54, 1.807) is 24.5 Å². The van der Waals surface area contributed by atoms with Crippen molar-refractivity contribution in [2.75, 3.05) is 32.0 Å². The molecule has 0 spiro atoms. The van der Waals surface area contributed by atoms with Gasteiger partial charge < -0.3 is 24.8 Å². The highest BCUT2D eigenvalue weighted by atomic mass is 32.1. The Balaban J connectivity index is 1.54. The number of aromatic nitrogens is 4. The van der Waals surface area contributed by atoms with Crippen molar-refractivity contribution < 1.29 is 27.4 Å². The zero-order valence-electron chi connectivity index (χ0n) is 21.0. The summed E-state index contributed by atoms with van der Waals surface area (Å²) in [6.45, 7) is 0.0883. The predicted octanol–water partition coefficient (Wildman–Crippen LogP) is 6.28. The number of hydrogen-bond donors (Lipinski definition) is 2. The summed E-state index contributed by atoms with van der Waals surface area (Å²) in [7, 11) is 4.54. The lowest BCUT2D eigenvalue weighted by Crippen LogP contribution is -2.09. The van der Waals surface area contributed by atoms with Crippen LogP contribution in [0.1, 0.15) is 11.1 Å². The summed E-state index contributed by atoms with van der Waals surface area (Å²) in [4.78, 5) is 13.8. The molecule has 0 unspecified atom stereocenters. The van der Waals surface area contributed by atoms with E-state index in [9.17, 15) is 13.2 Å². The fraction of sp³-hybridized carbons (Fsp3) is 0.192. The second-order valence-corrected chi connectivity index (χ2v) is 9.03. The Morgan fingerprint density at radius 3 is 2.38 bits per heavy atom. The minimum atomic E-state index is -4.44. The number of benzene rings is 2. The molecule has 3 heterocycles. The molecule has 9 nitrogen and oxygen atoms in total. The van der Waals surface area contributed by atoms with Gasteiger partial charge in [0, 0.05) is 29.7 Å². The predicted molar refractivity (Wildman–Crippen MR) is 143 cm³/mol. The van der Waals surface area contributed by atoms with E-state index in [0.29, 0.717) is 45.5 Å². The largest absolute Gasteiger partial charge is 0.493 e. The van der Waals surface area contributed by atoms with Crippen molar-refractivity contribution in [1.82, 2.24) is 19.5 Å². The number of imidazole rings is 1. The summed E-state index contributed by atoms with van der Waals surface area (Å²) in [5.41, 5.74) is 2.11. The summed E-state index contributed by atoms with van der Waals surface area (Å²) in [6.07, 6.45) is -2.81. The third-order valence-electron chi connectivity index (χ3n) is 5.82. The van der Waals surface area contributed by atoms with Crippen LogP contribution in [0.5, 0.6) is 17.2 Å². The number of methoxy groups -OCH3 is 3. The van der Waals surface area contributed by atoms with Crippen molar-refractivity contribution >= 4 is 40.0 Å². The maximum absolute atomic E-state index is 13.2. The first-order valence-corrected chi connectivity index (χ1v) is 12.5. The van der Waals surface area contributed by atoms with Gasteiger partial charge in [-0.15, -0.1) is 0 Å². The fourth-order valence-corrected chi connectivity index (χ4v) is 4.62. The molecule has 13 heteroatoms. The van der Waals surface area contributed by atoms with Crippen LogP contribution < -0.4 is 24.8 Å². The first kappa shape index (κ1) is 26.1. The van der Waals surface area contributed by atoms with E-state index in [-0.39, 0.29) is 12.5 Å². The second-order valence-electron chi connectivity index (χ2n) is 8.25. The molecule has 0 atom stereocenters. The van der Waals surface area contributed by atoms with Crippen molar-refractivity contribution in [2.24, 2.45) is 0 Å². The van der Waals surface area contributed by atoms with Crippen molar-refractivity contribution in [3.63, 3.8) is 0 Å². The topological polar surface area (TPSA) is 95.4 Å². The Hall–Kier alpha value is -4.52. The summed E-state index contributed by atoms with van der Waals surface area (Å²) in [5, 5.41) is 10.2. The van der Waals surface area contributed by atoms with Gasteiger partial charge in [-0.1, -0.05) is 12.1 Å². The molecule has 5 aromatic rings. The zero-order chi connectivity index (χ0) is 27.6. The van der Waals surface area contributed by atoms with Crippen LogP contribution in [0.15, 0.2) is 59.6 Å². The van der Waals surface area contributed by atoms with E-state index in [1.165, 1.54) is 38.7 Å². The maximum atomic E-state index is 13.2. The lowest BCUT2D eigenvalue weighted by Gasteiger charge is -2.15. The van der Waals surface area contributed by atoms with E-state index in [4.69, 9.17) is 14.2 Å². The molecule has 0 aliphatic rings. The molecule has 0 fully saturated rings. The number of nitrogens with one attached hydrogen (secondary N) is 2. The molecule has 0 radical (unpaired) electrons. The van der Waals surface area contributed by atoms with Crippen LogP contribution in [0, 0.1) is 0 Å². The summed E-state index contributed by atoms with van der Waals surface area (Å²) in [6, 6.07) is 10.5. The molecule has 2 N–H and O–H groups in total. The lowest BCUT2D eigenvalue weighted by atomic mass is 10.1. The molecular weight excluding hydrogens is 533 g/mol. The molecule has 39 heavy (non-hydrogen) atoms. The second kappa shape index (κ2) is 10.7. The average molecular weight is 557 g/mol. The summed E-state index contributed by atoms with van der Waals surface area (Å²) < 4.78 is 57.7. The van der Waals surface area contributed by atoms with Crippen LogP contribution in [0.25, 0.3) is 16.9 Å². The number of alkyl halides is 3. The molecule has 2 aromatic carbocycles. The Labute approximate surface area is 225 Å². The van der Waals surface area contributed by atoms with Gasteiger partial charge in [0.05, 0.1) is 32.6 Å². The first-order chi connectivity index (χ1) is 18.8. The van der Waals surface area contributed by atoms with Crippen LogP contribution in [0.3, 0.4) is 0 Å². The molecule has 0 amide bonds. The highest BCUT2D eigenvalue weighted by molar-refractivity contribution is 7.08. The normalized spacial score (nSPS) is 11.4.